The van der Waals surface area contributed by atoms with E-state index in [9.17, 15) is 5.11 Å². The van der Waals surface area contributed by atoms with Gasteiger partial charge in [-0.2, -0.15) is 0 Å². The fourth-order valence-electron chi connectivity index (χ4n) is 1.78. The number of aromatic nitrogens is 2. The molecule has 0 aliphatic heterocycles. The summed E-state index contributed by atoms with van der Waals surface area (Å²) in [5.74, 6) is 3.09. The number of rotatable bonds is 5. The Labute approximate surface area is 108 Å². The lowest BCUT2D eigenvalue weighted by Gasteiger charge is -2.26. The van der Waals surface area contributed by atoms with Crippen LogP contribution in [-0.2, 0) is 0 Å². The van der Waals surface area contributed by atoms with Crippen molar-refractivity contribution >= 4 is 11.6 Å². The Kier molecular flexibility index (Phi) is 3.43. The Morgan fingerprint density at radius 2 is 1.89 bits per heavy atom. The van der Waals surface area contributed by atoms with Gasteiger partial charge in [0.25, 0.3) is 0 Å². The first-order chi connectivity index (χ1) is 8.46. The van der Waals surface area contributed by atoms with Gasteiger partial charge >= 0.3 is 0 Å². The molecule has 0 saturated heterocycles. The van der Waals surface area contributed by atoms with Crippen LogP contribution in [-0.4, -0.2) is 34.3 Å². The zero-order valence-corrected chi connectivity index (χ0v) is 11.5. The highest BCUT2D eigenvalue weighted by Crippen LogP contribution is 2.39. The van der Waals surface area contributed by atoms with Crippen LogP contribution in [0.25, 0.3) is 0 Å². The van der Waals surface area contributed by atoms with Crippen molar-refractivity contribution < 1.29 is 5.11 Å². The Hall–Kier alpha value is -1.36. The summed E-state index contributed by atoms with van der Waals surface area (Å²) < 4.78 is 0. The van der Waals surface area contributed by atoms with Gasteiger partial charge in [0.05, 0.1) is 12.1 Å². The van der Waals surface area contributed by atoms with Crippen LogP contribution in [0.1, 0.15) is 44.0 Å². The van der Waals surface area contributed by atoms with Gasteiger partial charge in [-0.25, -0.2) is 9.97 Å². The van der Waals surface area contributed by atoms with Gasteiger partial charge in [-0.3, -0.25) is 0 Å². The third-order valence-electron chi connectivity index (χ3n) is 3.19. The standard InChI is InChI=1S/C13H22N4O/c1-8-10(14-4)15-12(9-5-6-9)16-11(8)17-13(2,3)7-18/h9,18H,5-7H2,1-4H3,(H2,14,15,16,17). The zero-order chi connectivity index (χ0) is 13.3. The second kappa shape index (κ2) is 4.72. The molecule has 0 spiro atoms. The molecule has 1 saturated carbocycles. The van der Waals surface area contributed by atoms with Crippen LogP contribution in [0.4, 0.5) is 11.6 Å². The summed E-state index contributed by atoms with van der Waals surface area (Å²) in [5.41, 5.74) is 0.605. The smallest absolute Gasteiger partial charge is 0.136 e. The molecule has 1 aliphatic carbocycles. The molecule has 1 aromatic heterocycles. The highest BCUT2D eigenvalue weighted by Gasteiger charge is 2.29. The lowest BCUT2D eigenvalue weighted by Crippen LogP contribution is -2.35. The van der Waals surface area contributed by atoms with Crippen LogP contribution in [0.2, 0.25) is 0 Å². The Balaban J connectivity index is 2.35. The summed E-state index contributed by atoms with van der Waals surface area (Å²) >= 11 is 0. The summed E-state index contributed by atoms with van der Waals surface area (Å²) in [6.45, 7) is 5.94. The van der Waals surface area contributed by atoms with Crippen molar-refractivity contribution in [3.8, 4) is 0 Å². The van der Waals surface area contributed by atoms with Crippen molar-refractivity contribution in [2.75, 3.05) is 24.3 Å². The van der Waals surface area contributed by atoms with Crippen LogP contribution in [0.15, 0.2) is 0 Å². The number of aliphatic hydroxyl groups is 1. The quantitative estimate of drug-likeness (QED) is 0.744. The largest absolute Gasteiger partial charge is 0.394 e. The van der Waals surface area contributed by atoms with Crippen LogP contribution in [0.5, 0.6) is 0 Å². The summed E-state index contributed by atoms with van der Waals surface area (Å²) in [4.78, 5) is 9.15. The summed E-state index contributed by atoms with van der Waals surface area (Å²) in [6, 6.07) is 0. The molecule has 1 aromatic rings. The van der Waals surface area contributed by atoms with Crippen LogP contribution in [0, 0.1) is 6.92 Å². The molecule has 5 heteroatoms. The van der Waals surface area contributed by atoms with E-state index in [0.29, 0.717) is 5.92 Å². The highest BCUT2D eigenvalue weighted by molar-refractivity contribution is 5.58. The van der Waals surface area contributed by atoms with Crippen molar-refractivity contribution in [3.05, 3.63) is 11.4 Å². The fourth-order valence-corrected chi connectivity index (χ4v) is 1.78. The maximum atomic E-state index is 9.34. The first-order valence-corrected chi connectivity index (χ1v) is 6.42. The average molecular weight is 250 g/mol. The number of nitrogens with one attached hydrogen (secondary N) is 2. The van der Waals surface area contributed by atoms with E-state index in [1.54, 1.807) is 0 Å². The predicted octanol–water partition coefficient (Wildman–Crippen LogP) is 1.89. The van der Waals surface area contributed by atoms with Crippen molar-refractivity contribution in [2.45, 2.75) is 45.1 Å². The molecule has 18 heavy (non-hydrogen) atoms. The van der Waals surface area contributed by atoms with E-state index in [-0.39, 0.29) is 12.1 Å². The number of nitrogens with zero attached hydrogens (tertiary/aromatic N) is 2. The number of aliphatic hydroxyl groups excluding tert-OH is 1. The summed E-state index contributed by atoms with van der Waals surface area (Å²) in [6.07, 6.45) is 2.35. The number of anilines is 2. The zero-order valence-electron chi connectivity index (χ0n) is 11.5. The van der Waals surface area contributed by atoms with E-state index < -0.39 is 0 Å². The van der Waals surface area contributed by atoms with E-state index >= 15 is 0 Å². The minimum absolute atomic E-state index is 0.0596. The SMILES string of the molecule is CNc1nc(C2CC2)nc(NC(C)(C)CO)c1C. The van der Waals surface area contributed by atoms with E-state index in [0.717, 1.165) is 23.0 Å². The molecule has 0 amide bonds. The maximum absolute atomic E-state index is 9.34. The van der Waals surface area contributed by atoms with E-state index in [4.69, 9.17) is 0 Å². The molecule has 0 bridgehead atoms. The average Bonchev–Trinajstić information content (AvgIpc) is 3.15. The first-order valence-electron chi connectivity index (χ1n) is 6.42. The van der Waals surface area contributed by atoms with Crippen LogP contribution >= 0.6 is 0 Å². The molecule has 0 aromatic carbocycles. The van der Waals surface area contributed by atoms with Crippen molar-refractivity contribution in [3.63, 3.8) is 0 Å². The molecule has 0 radical (unpaired) electrons. The molecule has 0 atom stereocenters. The van der Waals surface area contributed by atoms with Crippen molar-refractivity contribution in [1.29, 1.82) is 0 Å². The molecular weight excluding hydrogens is 228 g/mol. The van der Waals surface area contributed by atoms with Gasteiger partial charge in [-0.1, -0.05) is 0 Å². The lowest BCUT2D eigenvalue weighted by atomic mass is 10.1. The maximum Gasteiger partial charge on any atom is 0.136 e. The predicted molar refractivity (Wildman–Crippen MR) is 73.1 cm³/mol. The van der Waals surface area contributed by atoms with E-state index in [2.05, 4.69) is 20.6 Å². The monoisotopic (exact) mass is 250 g/mol. The minimum Gasteiger partial charge on any atom is -0.394 e. The van der Waals surface area contributed by atoms with Crippen LogP contribution < -0.4 is 10.6 Å². The van der Waals surface area contributed by atoms with E-state index in [1.165, 1.54) is 12.8 Å². The van der Waals surface area contributed by atoms with Gasteiger partial charge in [0.15, 0.2) is 0 Å². The first kappa shape index (κ1) is 13.1. The molecule has 100 valence electrons. The second-order valence-electron chi connectivity index (χ2n) is 5.60. The summed E-state index contributed by atoms with van der Waals surface area (Å²) in [7, 11) is 1.87. The third kappa shape index (κ3) is 2.72. The molecular formula is C13H22N4O. The van der Waals surface area contributed by atoms with E-state index in [1.807, 2.05) is 27.8 Å². The fraction of sp³-hybridized carbons (Fsp3) is 0.692. The van der Waals surface area contributed by atoms with Gasteiger partial charge in [0, 0.05) is 18.5 Å². The Morgan fingerprint density at radius 1 is 1.28 bits per heavy atom. The number of hydrogen-bond acceptors (Lipinski definition) is 5. The number of hydrogen-bond donors (Lipinski definition) is 3. The van der Waals surface area contributed by atoms with Crippen LogP contribution in [0.3, 0.4) is 0 Å². The molecule has 1 fully saturated rings. The Morgan fingerprint density at radius 3 is 2.39 bits per heavy atom. The van der Waals surface area contributed by atoms with Gasteiger partial charge in [-0.05, 0) is 33.6 Å². The Bertz CT molecular complexity index is 441. The molecule has 2 rings (SSSR count). The normalized spacial score (nSPS) is 15.6. The second-order valence-corrected chi connectivity index (χ2v) is 5.60. The molecule has 1 aliphatic rings. The molecule has 3 N–H and O–H groups in total. The van der Waals surface area contributed by atoms with Gasteiger partial charge < -0.3 is 15.7 Å². The van der Waals surface area contributed by atoms with Crippen molar-refractivity contribution in [2.24, 2.45) is 0 Å². The molecule has 0 unspecified atom stereocenters. The van der Waals surface area contributed by atoms with Gasteiger partial charge in [-0.15, -0.1) is 0 Å². The summed E-state index contributed by atoms with van der Waals surface area (Å²) in [5, 5.41) is 15.7. The molecule has 5 nitrogen and oxygen atoms in total. The lowest BCUT2D eigenvalue weighted by molar-refractivity contribution is 0.234. The van der Waals surface area contributed by atoms with Crippen molar-refractivity contribution in [1.82, 2.24) is 9.97 Å². The van der Waals surface area contributed by atoms with Gasteiger partial charge in [0.1, 0.15) is 17.5 Å². The highest BCUT2D eigenvalue weighted by atomic mass is 16.3. The molecule has 1 heterocycles. The topological polar surface area (TPSA) is 70.1 Å². The third-order valence-corrected chi connectivity index (χ3v) is 3.19. The minimum atomic E-state index is -0.384. The van der Waals surface area contributed by atoms with Gasteiger partial charge in [0.2, 0.25) is 0 Å².